The Morgan fingerprint density at radius 2 is 2.10 bits per heavy atom. The summed E-state index contributed by atoms with van der Waals surface area (Å²) in [5.74, 6) is 0.533. The summed E-state index contributed by atoms with van der Waals surface area (Å²) in [6.45, 7) is 4.34. The highest BCUT2D eigenvalue weighted by atomic mass is 19.4. The maximum Gasteiger partial charge on any atom is 0.435 e. The van der Waals surface area contributed by atoms with E-state index in [9.17, 15) is 13.2 Å². The van der Waals surface area contributed by atoms with E-state index in [1.54, 1.807) is 0 Å². The molecule has 0 aromatic carbocycles. The number of alkyl halides is 3. The van der Waals surface area contributed by atoms with Crippen LogP contribution in [0, 0.1) is 5.92 Å². The highest BCUT2D eigenvalue weighted by Gasteiger charge is 2.34. The van der Waals surface area contributed by atoms with E-state index in [-0.39, 0.29) is 17.5 Å². The first-order valence-corrected chi connectivity index (χ1v) is 6.21. The summed E-state index contributed by atoms with van der Waals surface area (Å²) in [6.07, 6.45) is -1.69. The molecule has 20 heavy (non-hydrogen) atoms. The number of fused-ring (bicyclic) bond motifs is 1. The van der Waals surface area contributed by atoms with Crippen LogP contribution in [-0.2, 0) is 6.18 Å². The molecule has 0 aliphatic heterocycles. The van der Waals surface area contributed by atoms with Crippen molar-refractivity contribution in [2.24, 2.45) is 11.7 Å². The molecule has 0 saturated carbocycles. The van der Waals surface area contributed by atoms with Crippen molar-refractivity contribution in [3.05, 3.63) is 24.2 Å². The number of hydrogen-bond donors (Lipinski definition) is 2. The minimum atomic E-state index is -4.47. The average molecular weight is 287 g/mol. The third-order valence-electron chi connectivity index (χ3n) is 3.27. The van der Waals surface area contributed by atoms with Gasteiger partial charge in [-0.25, -0.2) is 9.50 Å². The van der Waals surface area contributed by atoms with Gasteiger partial charge >= 0.3 is 6.18 Å². The Morgan fingerprint density at radius 1 is 1.40 bits per heavy atom. The number of nitrogens with zero attached hydrogens (tertiary/aromatic N) is 3. The summed E-state index contributed by atoms with van der Waals surface area (Å²) in [4.78, 5) is 4.08. The van der Waals surface area contributed by atoms with Crippen molar-refractivity contribution in [3.63, 3.8) is 0 Å². The fourth-order valence-corrected chi connectivity index (χ4v) is 1.73. The third-order valence-corrected chi connectivity index (χ3v) is 3.27. The maximum absolute atomic E-state index is 12.7. The lowest BCUT2D eigenvalue weighted by Crippen LogP contribution is -2.29. The summed E-state index contributed by atoms with van der Waals surface area (Å²) in [7, 11) is 0. The summed E-state index contributed by atoms with van der Waals surface area (Å²) in [5.41, 5.74) is 4.92. The molecule has 2 heterocycles. The Hall–Kier alpha value is -1.83. The van der Waals surface area contributed by atoms with Crippen molar-refractivity contribution < 1.29 is 13.2 Å². The summed E-state index contributed by atoms with van der Waals surface area (Å²) in [6, 6.07) is 0.970. The number of rotatable bonds is 4. The van der Waals surface area contributed by atoms with Gasteiger partial charge in [-0.05, 0) is 19.4 Å². The Balaban J connectivity index is 2.37. The summed E-state index contributed by atoms with van der Waals surface area (Å²) in [5, 5.41) is 6.58. The zero-order valence-corrected chi connectivity index (χ0v) is 11.1. The molecule has 5 nitrogen and oxygen atoms in total. The second-order valence-electron chi connectivity index (χ2n) is 4.78. The Bertz CT molecular complexity index is 592. The van der Waals surface area contributed by atoms with Crippen LogP contribution in [0.25, 0.3) is 5.52 Å². The molecular formula is C12H16F3N5. The zero-order chi connectivity index (χ0) is 14.9. The predicted octanol–water partition coefficient (Wildman–Crippen LogP) is 2.14. The first-order valence-electron chi connectivity index (χ1n) is 6.21. The molecule has 2 atom stereocenters. The van der Waals surface area contributed by atoms with Gasteiger partial charge in [0.1, 0.15) is 5.52 Å². The van der Waals surface area contributed by atoms with E-state index >= 15 is 0 Å². The zero-order valence-electron chi connectivity index (χ0n) is 11.1. The molecular weight excluding hydrogens is 271 g/mol. The topological polar surface area (TPSA) is 68.2 Å². The van der Waals surface area contributed by atoms with Gasteiger partial charge in [-0.1, -0.05) is 6.92 Å². The van der Waals surface area contributed by atoms with E-state index in [0.29, 0.717) is 12.4 Å². The first kappa shape index (κ1) is 14.6. The van der Waals surface area contributed by atoms with Crippen LogP contribution in [0.2, 0.25) is 0 Å². The van der Waals surface area contributed by atoms with E-state index in [4.69, 9.17) is 5.73 Å². The molecule has 2 aromatic rings. The molecule has 0 bridgehead atoms. The van der Waals surface area contributed by atoms with Gasteiger partial charge < -0.3 is 11.1 Å². The Labute approximate surface area is 114 Å². The predicted molar refractivity (Wildman–Crippen MR) is 69.3 cm³/mol. The SMILES string of the molecule is CC(CN)C(C)Nc1nccn2nc(C(F)(F)F)cc12. The number of aromatic nitrogens is 3. The van der Waals surface area contributed by atoms with E-state index in [1.165, 1.54) is 12.4 Å². The quantitative estimate of drug-likeness (QED) is 0.904. The van der Waals surface area contributed by atoms with E-state index in [0.717, 1.165) is 10.6 Å². The normalized spacial score (nSPS) is 15.3. The summed E-state index contributed by atoms with van der Waals surface area (Å²) >= 11 is 0. The molecule has 0 spiro atoms. The molecule has 0 aliphatic carbocycles. The summed E-state index contributed by atoms with van der Waals surface area (Å²) < 4.78 is 39.2. The van der Waals surface area contributed by atoms with Crippen LogP contribution in [-0.4, -0.2) is 27.2 Å². The smallest absolute Gasteiger partial charge is 0.366 e. The van der Waals surface area contributed by atoms with Crippen LogP contribution in [0.1, 0.15) is 19.5 Å². The molecule has 0 fully saturated rings. The lowest BCUT2D eigenvalue weighted by Gasteiger charge is -2.20. The van der Waals surface area contributed by atoms with Crippen molar-refractivity contribution in [1.29, 1.82) is 0 Å². The lowest BCUT2D eigenvalue weighted by molar-refractivity contribution is -0.141. The van der Waals surface area contributed by atoms with E-state index < -0.39 is 11.9 Å². The Kier molecular flexibility index (Phi) is 3.85. The van der Waals surface area contributed by atoms with Crippen molar-refractivity contribution >= 4 is 11.3 Å². The van der Waals surface area contributed by atoms with E-state index in [2.05, 4.69) is 15.4 Å². The van der Waals surface area contributed by atoms with Crippen LogP contribution in [0.15, 0.2) is 18.5 Å². The fraction of sp³-hybridized carbons (Fsp3) is 0.500. The van der Waals surface area contributed by atoms with Crippen molar-refractivity contribution in [2.45, 2.75) is 26.1 Å². The van der Waals surface area contributed by atoms with Gasteiger partial charge in [-0.3, -0.25) is 0 Å². The third kappa shape index (κ3) is 2.84. The second kappa shape index (κ2) is 5.28. The second-order valence-corrected chi connectivity index (χ2v) is 4.78. The molecule has 2 aromatic heterocycles. The van der Waals surface area contributed by atoms with Gasteiger partial charge in [0.2, 0.25) is 0 Å². The van der Waals surface area contributed by atoms with Crippen molar-refractivity contribution in [3.8, 4) is 0 Å². The molecule has 0 amide bonds. The van der Waals surface area contributed by atoms with Crippen LogP contribution < -0.4 is 11.1 Å². The van der Waals surface area contributed by atoms with Gasteiger partial charge in [0, 0.05) is 24.5 Å². The van der Waals surface area contributed by atoms with E-state index in [1.807, 2.05) is 13.8 Å². The maximum atomic E-state index is 12.7. The molecule has 3 N–H and O–H groups in total. The number of halogens is 3. The Morgan fingerprint density at radius 3 is 2.70 bits per heavy atom. The molecule has 0 aliphatic rings. The van der Waals surface area contributed by atoms with Crippen LogP contribution in [0.5, 0.6) is 0 Å². The number of anilines is 1. The minimum absolute atomic E-state index is 0.0112. The first-order chi connectivity index (χ1) is 9.32. The average Bonchev–Trinajstić information content (AvgIpc) is 2.82. The van der Waals surface area contributed by atoms with Crippen molar-refractivity contribution in [1.82, 2.24) is 14.6 Å². The number of hydrogen-bond acceptors (Lipinski definition) is 4. The molecule has 8 heteroatoms. The fourth-order valence-electron chi connectivity index (χ4n) is 1.73. The van der Waals surface area contributed by atoms with Gasteiger partial charge in [0.15, 0.2) is 11.5 Å². The largest absolute Gasteiger partial charge is 0.435 e. The monoisotopic (exact) mass is 287 g/mol. The standard InChI is InChI=1S/C12H16F3N5/c1-7(6-16)8(2)18-11-9-5-10(12(13,14)15)19-20(9)4-3-17-11/h3-5,7-8H,6,16H2,1-2H3,(H,17,18). The number of nitrogens with one attached hydrogen (secondary N) is 1. The molecule has 110 valence electrons. The number of nitrogens with two attached hydrogens (primary N) is 1. The van der Waals surface area contributed by atoms with Crippen LogP contribution in [0.4, 0.5) is 19.0 Å². The minimum Gasteiger partial charge on any atom is -0.366 e. The molecule has 0 saturated heterocycles. The molecule has 0 radical (unpaired) electrons. The van der Waals surface area contributed by atoms with Crippen LogP contribution in [0.3, 0.4) is 0 Å². The van der Waals surface area contributed by atoms with Gasteiger partial charge in [-0.15, -0.1) is 0 Å². The molecule has 2 rings (SSSR count). The van der Waals surface area contributed by atoms with Gasteiger partial charge in [0.25, 0.3) is 0 Å². The lowest BCUT2D eigenvalue weighted by atomic mass is 10.0. The van der Waals surface area contributed by atoms with Crippen LogP contribution >= 0.6 is 0 Å². The van der Waals surface area contributed by atoms with Gasteiger partial charge in [0.05, 0.1) is 0 Å². The van der Waals surface area contributed by atoms with Gasteiger partial charge in [-0.2, -0.15) is 18.3 Å². The molecule has 2 unspecified atom stereocenters. The highest BCUT2D eigenvalue weighted by molar-refractivity contribution is 5.68. The van der Waals surface area contributed by atoms with Crippen molar-refractivity contribution in [2.75, 3.05) is 11.9 Å². The highest BCUT2D eigenvalue weighted by Crippen LogP contribution is 2.30.